The number of β-lactam (4-membered cyclic amide) rings is 1. The highest BCUT2D eigenvalue weighted by molar-refractivity contribution is 6.39. The molecule has 1 fully saturated rings. The van der Waals surface area contributed by atoms with Gasteiger partial charge in [0.25, 0.3) is 0 Å². The van der Waals surface area contributed by atoms with Gasteiger partial charge in [-0.2, -0.15) is 0 Å². The highest BCUT2D eigenvalue weighted by atomic mass is 35.5. The maximum absolute atomic E-state index is 11.7. The number of carbonyl (C=O) groups is 2. The fourth-order valence-corrected chi connectivity index (χ4v) is 2.15. The number of methoxy groups -OCH3 is 2. The van der Waals surface area contributed by atoms with E-state index in [1.807, 2.05) is 0 Å². The Bertz CT molecular complexity index is 473. The van der Waals surface area contributed by atoms with E-state index >= 15 is 0 Å². The predicted molar refractivity (Wildman–Crippen MR) is 65.9 cm³/mol. The number of ether oxygens (including phenoxy) is 2. The highest BCUT2D eigenvalue weighted by Crippen LogP contribution is 2.33. The molecule has 2 atom stereocenters. The largest absolute Gasteiger partial charge is 0.497 e. The molecular formula is C12H12ClNO4. The fraction of sp³-hybridized carbons (Fsp3) is 0.333. The minimum atomic E-state index is -0.862. The average Bonchev–Trinajstić information content (AvgIpc) is 2.43. The summed E-state index contributed by atoms with van der Waals surface area (Å²) in [5.74, 6) is -0.161. The molecule has 5 nitrogen and oxygen atoms in total. The number of halogens is 1. The van der Waals surface area contributed by atoms with E-state index in [-0.39, 0.29) is 5.91 Å². The van der Waals surface area contributed by atoms with E-state index < -0.39 is 17.4 Å². The molecule has 6 heteroatoms. The van der Waals surface area contributed by atoms with Crippen molar-refractivity contribution < 1.29 is 19.1 Å². The molecule has 1 saturated heterocycles. The van der Waals surface area contributed by atoms with Crippen LogP contribution in [0.4, 0.5) is 5.69 Å². The number of esters is 1. The summed E-state index contributed by atoms with van der Waals surface area (Å²) in [4.78, 5) is 24.6. The third-order valence-electron chi connectivity index (χ3n) is 2.82. The van der Waals surface area contributed by atoms with Gasteiger partial charge in [0.15, 0.2) is 6.04 Å². The third kappa shape index (κ3) is 1.90. The van der Waals surface area contributed by atoms with Crippen molar-refractivity contribution in [1.82, 2.24) is 0 Å². The van der Waals surface area contributed by atoms with Crippen molar-refractivity contribution in [3.8, 4) is 5.75 Å². The summed E-state index contributed by atoms with van der Waals surface area (Å²) < 4.78 is 9.65. The summed E-state index contributed by atoms with van der Waals surface area (Å²) in [6.45, 7) is 0. The van der Waals surface area contributed by atoms with Crippen LogP contribution in [-0.4, -0.2) is 37.5 Å². The summed E-state index contributed by atoms with van der Waals surface area (Å²) in [5, 5.41) is -0.862. The molecule has 0 N–H and O–H groups in total. The number of anilines is 1. The molecular weight excluding hydrogens is 258 g/mol. The minimum Gasteiger partial charge on any atom is -0.497 e. The second-order valence-corrected chi connectivity index (χ2v) is 4.25. The van der Waals surface area contributed by atoms with Crippen LogP contribution in [0.15, 0.2) is 24.3 Å². The molecule has 1 aromatic carbocycles. The third-order valence-corrected chi connectivity index (χ3v) is 3.25. The van der Waals surface area contributed by atoms with Gasteiger partial charge in [-0.3, -0.25) is 9.69 Å². The molecule has 0 radical (unpaired) electrons. The Hall–Kier alpha value is -1.75. The van der Waals surface area contributed by atoms with Crippen molar-refractivity contribution in [1.29, 1.82) is 0 Å². The summed E-state index contributed by atoms with van der Waals surface area (Å²) >= 11 is 5.83. The first-order valence-corrected chi connectivity index (χ1v) is 5.73. The molecule has 0 aromatic heterocycles. The standard InChI is InChI=1S/C12H12ClNO4/c1-17-8-5-3-7(4-6-8)14-10(12(16)18-2)9(13)11(14)15/h3-6,9-10H,1-2H3/t9-,10-/m1/s1. The smallest absolute Gasteiger partial charge is 0.331 e. The van der Waals surface area contributed by atoms with Crippen molar-refractivity contribution in [3.05, 3.63) is 24.3 Å². The lowest BCUT2D eigenvalue weighted by Gasteiger charge is -2.42. The number of carbonyl (C=O) groups excluding carboxylic acids is 2. The number of hydrogen-bond donors (Lipinski definition) is 0. The maximum Gasteiger partial charge on any atom is 0.331 e. The van der Waals surface area contributed by atoms with Gasteiger partial charge in [-0.1, -0.05) is 0 Å². The lowest BCUT2D eigenvalue weighted by Crippen LogP contribution is -2.66. The van der Waals surface area contributed by atoms with Crippen molar-refractivity contribution in [3.63, 3.8) is 0 Å². The molecule has 1 aromatic rings. The maximum atomic E-state index is 11.7. The summed E-state index contributed by atoms with van der Waals surface area (Å²) in [7, 11) is 2.82. The van der Waals surface area contributed by atoms with Gasteiger partial charge in [0.2, 0.25) is 5.91 Å². The second kappa shape index (κ2) is 4.86. The van der Waals surface area contributed by atoms with Gasteiger partial charge in [0.1, 0.15) is 11.1 Å². The van der Waals surface area contributed by atoms with Gasteiger partial charge in [-0.05, 0) is 24.3 Å². The van der Waals surface area contributed by atoms with Crippen LogP contribution in [0.3, 0.4) is 0 Å². The SMILES string of the molecule is COC(=O)[C@H]1[C@@H](Cl)C(=O)N1c1ccc(OC)cc1. The van der Waals surface area contributed by atoms with E-state index in [2.05, 4.69) is 4.74 Å². The molecule has 2 rings (SSSR count). The monoisotopic (exact) mass is 269 g/mol. The Kier molecular flexibility index (Phi) is 3.43. The summed E-state index contributed by atoms with van der Waals surface area (Å²) in [6.07, 6.45) is 0. The van der Waals surface area contributed by atoms with Crippen LogP contribution in [0.5, 0.6) is 5.75 Å². The molecule has 0 bridgehead atoms. The number of hydrogen-bond acceptors (Lipinski definition) is 4. The second-order valence-electron chi connectivity index (χ2n) is 3.78. The van der Waals surface area contributed by atoms with E-state index in [0.29, 0.717) is 11.4 Å². The van der Waals surface area contributed by atoms with E-state index in [1.165, 1.54) is 12.0 Å². The van der Waals surface area contributed by atoms with Crippen LogP contribution in [0.1, 0.15) is 0 Å². The van der Waals surface area contributed by atoms with Gasteiger partial charge in [-0.15, -0.1) is 11.6 Å². The average molecular weight is 270 g/mol. The first kappa shape index (κ1) is 12.7. The Morgan fingerprint density at radius 1 is 1.28 bits per heavy atom. The fourth-order valence-electron chi connectivity index (χ4n) is 1.83. The molecule has 96 valence electrons. The van der Waals surface area contributed by atoms with Crippen LogP contribution >= 0.6 is 11.6 Å². The van der Waals surface area contributed by atoms with Crippen molar-refractivity contribution in [2.24, 2.45) is 0 Å². The Balaban J connectivity index is 2.25. The zero-order chi connectivity index (χ0) is 13.3. The Morgan fingerprint density at radius 3 is 2.39 bits per heavy atom. The zero-order valence-corrected chi connectivity index (χ0v) is 10.7. The van der Waals surface area contributed by atoms with Gasteiger partial charge in [0.05, 0.1) is 14.2 Å². The molecule has 1 aliphatic heterocycles. The van der Waals surface area contributed by atoms with Crippen molar-refractivity contribution in [2.45, 2.75) is 11.4 Å². The van der Waals surface area contributed by atoms with Crippen LogP contribution in [0.25, 0.3) is 0 Å². The van der Waals surface area contributed by atoms with Gasteiger partial charge < -0.3 is 9.47 Å². The first-order valence-electron chi connectivity index (χ1n) is 5.29. The molecule has 18 heavy (non-hydrogen) atoms. The predicted octanol–water partition coefficient (Wildman–Crippen LogP) is 1.19. The lowest BCUT2D eigenvalue weighted by atomic mass is 10.00. The Labute approximate surface area is 109 Å². The summed E-state index contributed by atoms with van der Waals surface area (Å²) in [5.41, 5.74) is 0.591. The van der Waals surface area contributed by atoms with Gasteiger partial charge in [0, 0.05) is 5.69 Å². The minimum absolute atomic E-state index is 0.308. The topological polar surface area (TPSA) is 55.8 Å². The molecule has 0 saturated carbocycles. The molecule has 1 aliphatic rings. The number of rotatable bonds is 3. The van der Waals surface area contributed by atoms with Crippen molar-refractivity contribution >= 4 is 29.2 Å². The number of benzene rings is 1. The molecule has 0 unspecified atom stereocenters. The number of nitrogens with zero attached hydrogens (tertiary/aromatic N) is 1. The molecule has 1 heterocycles. The van der Waals surface area contributed by atoms with E-state index in [0.717, 1.165) is 0 Å². The molecule has 0 spiro atoms. The first-order chi connectivity index (χ1) is 8.60. The lowest BCUT2D eigenvalue weighted by molar-refractivity contribution is -0.147. The normalized spacial score (nSPS) is 22.4. The Morgan fingerprint density at radius 2 is 1.89 bits per heavy atom. The quantitative estimate of drug-likeness (QED) is 0.470. The van der Waals surface area contributed by atoms with E-state index in [1.54, 1.807) is 31.4 Å². The zero-order valence-electron chi connectivity index (χ0n) is 9.92. The molecule has 0 aliphatic carbocycles. The van der Waals surface area contributed by atoms with Crippen LogP contribution in [0, 0.1) is 0 Å². The van der Waals surface area contributed by atoms with E-state index in [9.17, 15) is 9.59 Å². The van der Waals surface area contributed by atoms with Crippen molar-refractivity contribution in [2.75, 3.05) is 19.1 Å². The molecule has 1 amide bonds. The van der Waals surface area contributed by atoms with Gasteiger partial charge in [-0.25, -0.2) is 4.79 Å². The summed E-state index contributed by atoms with van der Waals surface area (Å²) in [6, 6.07) is 6.03. The number of alkyl halides is 1. The van der Waals surface area contributed by atoms with E-state index in [4.69, 9.17) is 16.3 Å². The highest BCUT2D eigenvalue weighted by Gasteiger charge is 2.52. The van der Waals surface area contributed by atoms with Crippen LogP contribution in [-0.2, 0) is 14.3 Å². The van der Waals surface area contributed by atoms with Crippen LogP contribution in [0.2, 0.25) is 0 Å². The number of amides is 1. The van der Waals surface area contributed by atoms with Crippen LogP contribution < -0.4 is 9.64 Å². The van der Waals surface area contributed by atoms with Gasteiger partial charge >= 0.3 is 5.97 Å².